The summed E-state index contributed by atoms with van der Waals surface area (Å²) in [5.41, 5.74) is 4.76. The topological polar surface area (TPSA) is 39.1 Å². The third-order valence-corrected chi connectivity index (χ3v) is 13.9. The fourth-order valence-corrected chi connectivity index (χ4v) is 11.4. The van der Waals surface area contributed by atoms with Crippen molar-refractivity contribution < 1.29 is 8.42 Å². The molecule has 0 amide bonds. The molecule has 0 unspecified atom stereocenters. The molecule has 11 aromatic carbocycles. The van der Waals surface area contributed by atoms with Gasteiger partial charge in [-0.05, 0) is 107 Å². The van der Waals surface area contributed by atoms with Crippen LogP contribution in [0.1, 0.15) is 5.56 Å². The number of fused-ring (bicyclic) bond motifs is 20. The van der Waals surface area contributed by atoms with Crippen molar-refractivity contribution in [3.8, 4) is 11.1 Å². The fourth-order valence-electron chi connectivity index (χ4n) is 9.83. The smallest absolute Gasteiger partial charge is 0.233 e. The first kappa shape index (κ1) is 32.3. The highest BCUT2D eigenvalue weighted by Gasteiger charge is 2.29. The molecule has 12 aromatic rings. The molecule has 0 spiro atoms. The number of nitrogens with zero attached hydrogens (tertiary/aromatic N) is 1. The molecule has 12 rings (SSSR count). The molecule has 1 aromatic heterocycles. The van der Waals surface area contributed by atoms with Crippen molar-refractivity contribution in [3.63, 3.8) is 0 Å². The molecule has 0 saturated heterocycles. The fraction of sp³-hybridized carbons (Fsp3) is 0.0189. The van der Waals surface area contributed by atoms with Crippen LogP contribution in [0, 0.1) is 6.92 Å². The average Bonchev–Trinajstić information content (AvgIpc) is 3.62. The van der Waals surface area contributed by atoms with E-state index in [-0.39, 0.29) is 4.90 Å². The molecular formula is C53H33NO2S. The summed E-state index contributed by atoms with van der Waals surface area (Å²) in [7, 11) is -4.02. The van der Waals surface area contributed by atoms with E-state index in [0.29, 0.717) is 11.0 Å². The predicted octanol–water partition coefficient (Wildman–Crippen LogP) is 14.1. The van der Waals surface area contributed by atoms with Gasteiger partial charge in [0.25, 0.3) is 10.0 Å². The zero-order valence-electron chi connectivity index (χ0n) is 31.0. The molecule has 0 aliphatic carbocycles. The standard InChI is InChI=1S/C53H33NO2S/c1-32-27-29-35(30-28-32)57(55,56)54-45-26-14-13-25-43(45)52-51-40-22-10-9-21-39(40)48-47-36-18-6-5-17-34(36)31-44(33-15-3-2-4-16-33)46(47)37-19-7-8-20-38(37)49(48)50(51)41-23-11-12-24-42(41)53(52)54/h2-31H,1H3. The van der Waals surface area contributed by atoms with Gasteiger partial charge in [-0.15, -0.1) is 0 Å². The van der Waals surface area contributed by atoms with Crippen molar-refractivity contribution in [2.75, 3.05) is 0 Å². The molecule has 0 aliphatic heterocycles. The van der Waals surface area contributed by atoms with Crippen LogP contribution in [-0.4, -0.2) is 12.4 Å². The average molecular weight is 748 g/mol. The summed E-state index contributed by atoms with van der Waals surface area (Å²) in [6.07, 6.45) is 0. The van der Waals surface area contributed by atoms with Crippen LogP contribution in [0.4, 0.5) is 0 Å². The Bertz CT molecular complexity index is 3810. The minimum atomic E-state index is -4.02. The number of hydrogen-bond donors (Lipinski definition) is 0. The normalized spacial score (nSPS) is 12.4. The highest BCUT2D eigenvalue weighted by Crippen LogP contribution is 2.53. The number of hydrogen-bond acceptors (Lipinski definition) is 2. The summed E-state index contributed by atoms with van der Waals surface area (Å²) in [5.74, 6) is 0. The van der Waals surface area contributed by atoms with Crippen molar-refractivity contribution in [1.82, 2.24) is 3.97 Å². The summed E-state index contributed by atoms with van der Waals surface area (Å²) >= 11 is 0. The SMILES string of the molecule is Cc1ccc(S(=O)(=O)n2c3ccccc3c3c4c5ccccc5c5c6c7ccccc7cc(-c7ccccc7)c6c6ccccc6c5c4c4ccccc4c32)cc1. The minimum absolute atomic E-state index is 0.266. The van der Waals surface area contributed by atoms with E-state index in [0.717, 1.165) is 48.7 Å². The Morgan fingerprint density at radius 3 is 1.44 bits per heavy atom. The first-order valence-corrected chi connectivity index (χ1v) is 20.8. The zero-order valence-corrected chi connectivity index (χ0v) is 31.8. The van der Waals surface area contributed by atoms with Gasteiger partial charge in [0.2, 0.25) is 0 Å². The van der Waals surface area contributed by atoms with Crippen LogP contribution in [0.3, 0.4) is 0 Å². The highest BCUT2D eigenvalue weighted by molar-refractivity contribution is 7.90. The van der Waals surface area contributed by atoms with Gasteiger partial charge in [0.1, 0.15) is 0 Å². The molecular weight excluding hydrogens is 715 g/mol. The Balaban J connectivity index is 1.43. The number of rotatable bonds is 3. The van der Waals surface area contributed by atoms with Gasteiger partial charge in [-0.1, -0.05) is 163 Å². The molecule has 57 heavy (non-hydrogen) atoms. The van der Waals surface area contributed by atoms with E-state index < -0.39 is 10.0 Å². The minimum Gasteiger partial charge on any atom is -0.233 e. The van der Waals surface area contributed by atoms with Crippen LogP contribution >= 0.6 is 0 Å². The van der Waals surface area contributed by atoms with E-state index in [1.165, 1.54) is 54.2 Å². The monoisotopic (exact) mass is 747 g/mol. The van der Waals surface area contributed by atoms with E-state index in [2.05, 4.69) is 133 Å². The van der Waals surface area contributed by atoms with Gasteiger partial charge in [0.15, 0.2) is 0 Å². The summed E-state index contributed by atoms with van der Waals surface area (Å²) in [4.78, 5) is 0.266. The zero-order chi connectivity index (χ0) is 38.0. The van der Waals surface area contributed by atoms with E-state index in [4.69, 9.17) is 0 Å². The Morgan fingerprint density at radius 2 is 0.825 bits per heavy atom. The van der Waals surface area contributed by atoms with Crippen molar-refractivity contribution in [1.29, 1.82) is 0 Å². The van der Waals surface area contributed by atoms with Gasteiger partial charge in [-0.3, -0.25) is 0 Å². The van der Waals surface area contributed by atoms with E-state index >= 15 is 8.42 Å². The molecule has 0 saturated carbocycles. The molecule has 3 nitrogen and oxygen atoms in total. The Labute approximate surface area is 328 Å². The van der Waals surface area contributed by atoms with E-state index in [9.17, 15) is 0 Å². The van der Waals surface area contributed by atoms with Crippen LogP contribution < -0.4 is 0 Å². The van der Waals surface area contributed by atoms with Gasteiger partial charge in [0, 0.05) is 21.5 Å². The first-order chi connectivity index (χ1) is 28.0. The van der Waals surface area contributed by atoms with Gasteiger partial charge in [-0.25, -0.2) is 12.4 Å². The Kier molecular flexibility index (Phi) is 6.65. The summed E-state index contributed by atoms with van der Waals surface area (Å²) in [6, 6.07) is 63.1. The second-order valence-corrected chi connectivity index (χ2v) is 17.0. The first-order valence-electron chi connectivity index (χ1n) is 19.4. The molecule has 0 radical (unpaired) electrons. The van der Waals surface area contributed by atoms with Crippen LogP contribution in [0.25, 0.3) is 108 Å². The Morgan fingerprint density at radius 1 is 0.386 bits per heavy atom. The molecule has 0 atom stereocenters. The summed E-state index contributed by atoms with van der Waals surface area (Å²) < 4.78 is 31.7. The lowest BCUT2D eigenvalue weighted by atomic mass is 9.81. The molecule has 4 heteroatoms. The molecule has 0 aliphatic rings. The lowest BCUT2D eigenvalue weighted by molar-refractivity contribution is 0.590. The Hall–Kier alpha value is -7.01. The molecule has 268 valence electrons. The van der Waals surface area contributed by atoms with Crippen LogP contribution in [0.15, 0.2) is 187 Å². The van der Waals surface area contributed by atoms with Crippen molar-refractivity contribution in [3.05, 3.63) is 188 Å². The third-order valence-electron chi connectivity index (χ3n) is 12.2. The lowest BCUT2D eigenvalue weighted by Crippen LogP contribution is -2.13. The van der Waals surface area contributed by atoms with Gasteiger partial charge < -0.3 is 0 Å². The van der Waals surface area contributed by atoms with Crippen molar-refractivity contribution in [2.45, 2.75) is 11.8 Å². The number of aryl methyl sites for hydroxylation is 1. The second-order valence-electron chi connectivity index (χ2n) is 15.2. The number of aromatic nitrogens is 1. The maximum absolute atomic E-state index is 15.0. The lowest BCUT2D eigenvalue weighted by Gasteiger charge is -2.22. The van der Waals surface area contributed by atoms with Gasteiger partial charge in [0.05, 0.1) is 15.9 Å². The quantitative estimate of drug-likeness (QED) is 0.169. The van der Waals surface area contributed by atoms with E-state index in [1.54, 1.807) is 16.1 Å². The van der Waals surface area contributed by atoms with Gasteiger partial charge in [-0.2, -0.15) is 0 Å². The largest absolute Gasteiger partial charge is 0.268 e. The second kappa shape index (κ2) is 11.8. The maximum atomic E-state index is 15.0. The molecule has 1 heterocycles. The van der Waals surface area contributed by atoms with Crippen LogP contribution in [0.5, 0.6) is 0 Å². The van der Waals surface area contributed by atoms with Crippen LogP contribution in [0.2, 0.25) is 0 Å². The molecule has 0 N–H and O–H groups in total. The summed E-state index contributed by atoms with van der Waals surface area (Å²) in [5, 5.41) is 17.8. The van der Waals surface area contributed by atoms with Gasteiger partial charge >= 0.3 is 0 Å². The number of para-hydroxylation sites is 1. The third kappa shape index (κ3) is 4.33. The van der Waals surface area contributed by atoms with Crippen LogP contribution in [-0.2, 0) is 10.0 Å². The summed E-state index contributed by atoms with van der Waals surface area (Å²) in [6.45, 7) is 1.98. The molecule has 0 fully saturated rings. The van der Waals surface area contributed by atoms with E-state index in [1.807, 2.05) is 43.3 Å². The van der Waals surface area contributed by atoms with Crippen molar-refractivity contribution in [2.24, 2.45) is 0 Å². The van der Waals surface area contributed by atoms with Crippen molar-refractivity contribution >= 4 is 107 Å². The predicted molar refractivity (Wildman–Crippen MR) is 241 cm³/mol. The highest BCUT2D eigenvalue weighted by atomic mass is 32.2. The molecule has 0 bridgehead atoms. The number of benzene rings is 11. The maximum Gasteiger partial charge on any atom is 0.268 e.